The molecule has 0 fully saturated rings. The van der Waals surface area contributed by atoms with Gasteiger partial charge in [-0.15, -0.1) is 0 Å². The lowest BCUT2D eigenvalue weighted by molar-refractivity contribution is 0.414. The smallest absolute Gasteiger partial charge is 0.178 e. The van der Waals surface area contributed by atoms with Crippen LogP contribution in [0.4, 0.5) is 0 Å². The van der Waals surface area contributed by atoms with Crippen molar-refractivity contribution in [3.8, 4) is 11.5 Å². The molecule has 0 aliphatic carbocycles. The summed E-state index contributed by atoms with van der Waals surface area (Å²) in [7, 11) is -3.73. The third-order valence-corrected chi connectivity index (χ3v) is 7.80. The van der Waals surface area contributed by atoms with Crippen molar-refractivity contribution < 1.29 is 26.3 Å². The molecular formula is C19H24O6S2. The van der Waals surface area contributed by atoms with Gasteiger partial charge in [0.1, 0.15) is 11.5 Å². The van der Waals surface area contributed by atoms with Crippen molar-refractivity contribution in [2.75, 3.05) is 25.7 Å². The fourth-order valence-corrected chi connectivity index (χ4v) is 5.30. The number of benzene rings is 2. The monoisotopic (exact) mass is 412 g/mol. The molecule has 0 aromatic heterocycles. The zero-order valence-corrected chi connectivity index (χ0v) is 17.1. The average molecular weight is 413 g/mol. The first-order valence-electron chi connectivity index (χ1n) is 8.52. The van der Waals surface area contributed by atoms with Crippen molar-refractivity contribution in [3.05, 3.63) is 48.5 Å². The molecule has 0 unspecified atom stereocenters. The predicted octanol–water partition coefficient (Wildman–Crippen LogP) is 3.12. The van der Waals surface area contributed by atoms with Gasteiger partial charge in [-0.05, 0) is 61.4 Å². The van der Waals surface area contributed by atoms with Gasteiger partial charge in [0.15, 0.2) is 19.7 Å². The Kier molecular flexibility index (Phi) is 7.26. The molecule has 8 heteroatoms. The van der Waals surface area contributed by atoms with Crippen LogP contribution in [0.15, 0.2) is 58.3 Å². The number of ether oxygens (including phenoxy) is 2. The third-order valence-electron chi connectivity index (χ3n) is 4.16. The summed E-state index contributed by atoms with van der Waals surface area (Å²) in [6, 6.07) is 12.5. The summed E-state index contributed by atoms with van der Waals surface area (Å²) in [6.45, 7) is 0. The van der Waals surface area contributed by atoms with E-state index in [0.29, 0.717) is 30.8 Å². The Morgan fingerprint density at radius 1 is 0.593 bits per heavy atom. The molecule has 6 nitrogen and oxygen atoms in total. The van der Waals surface area contributed by atoms with Crippen LogP contribution in [-0.2, 0) is 19.7 Å². The summed E-state index contributed by atoms with van der Waals surface area (Å²) in [5, 5.41) is 0. The highest BCUT2D eigenvalue weighted by molar-refractivity contribution is 7.91. The molecule has 0 saturated heterocycles. The van der Waals surface area contributed by atoms with Crippen molar-refractivity contribution >= 4 is 19.7 Å². The van der Waals surface area contributed by atoms with E-state index < -0.39 is 19.7 Å². The molecule has 0 aliphatic rings. The van der Waals surface area contributed by atoms with E-state index in [4.69, 9.17) is 9.47 Å². The van der Waals surface area contributed by atoms with Crippen LogP contribution in [0.1, 0.15) is 19.3 Å². The van der Waals surface area contributed by atoms with Crippen molar-refractivity contribution in [2.24, 2.45) is 0 Å². The average Bonchev–Trinajstić information content (AvgIpc) is 2.67. The first-order chi connectivity index (χ1) is 12.8. The Labute approximate surface area is 161 Å². The molecule has 0 radical (unpaired) electrons. The van der Waals surface area contributed by atoms with Crippen LogP contribution in [0.25, 0.3) is 0 Å². The number of hydrogen-bond donors (Lipinski definition) is 0. The zero-order chi connectivity index (χ0) is 19.9. The molecule has 2 aromatic rings. The molecule has 148 valence electrons. The van der Waals surface area contributed by atoms with Gasteiger partial charge in [-0.25, -0.2) is 16.8 Å². The van der Waals surface area contributed by atoms with Crippen LogP contribution < -0.4 is 9.47 Å². The lowest BCUT2D eigenvalue weighted by Crippen LogP contribution is -2.09. The summed E-state index contributed by atoms with van der Waals surface area (Å²) >= 11 is 0. The van der Waals surface area contributed by atoms with Crippen LogP contribution in [-0.4, -0.2) is 42.6 Å². The van der Waals surface area contributed by atoms with E-state index in [-0.39, 0.29) is 21.3 Å². The van der Waals surface area contributed by atoms with E-state index in [1.165, 1.54) is 38.5 Å². The highest BCUT2D eigenvalue weighted by Crippen LogP contribution is 2.20. The minimum atomic E-state index is -3.38. The van der Waals surface area contributed by atoms with E-state index >= 15 is 0 Å². The Morgan fingerprint density at radius 2 is 0.926 bits per heavy atom. The lowest BCUT2D eigenvalue weighted by Gasteiger charge is -2.07. The molecule has 0 heterocycles. The third kappa shape index (κ3) is 5.97. The molecule has 0 bridgehead atoms. The second-order valence-corrected chi connectivity index (χ2v) is 10.3. The van der Waals surface area contributed by atoms with Crippen molar-refractivity contribution in [1.82, 2.24) is 0 Å². The predicted molar refractivity (Wildman–Crippen MR) is 104 cm³/mol. The molecule has 27 heavy (non-hydrogen) atoms. The van der Waals surface area contributed by atoms with E-state index in [9.17, 15) is 16.8 Å². The lowest BCUT2D eigenvalue weighted by atomic mass is 10.3. The van der Waals surface area contributed by atoms with Crippen molar-refractivity contribution in [3.63, 3.8) is 0 Å². The van der Waals surface area contributed by atoms with E-state index in [1.54, 1.807) is 24.3 Å². The summed E-state index contributed by atoms with van der Waals surface area (Å²) in [6.07, 6.45) is 1.34. The molecule has 0 saturated carbocycles. The second kappa shape index (κ2) is 9.23. The van der Waals surface area contributed by atoms with Crippen LogP contribution in [0, 0.1) is 0 Å². The number of rotatable bonds is 10. The summed E-state index contributed by atoms with van der Waals surface area (Å²) in [4.78, 5) is 0.489. The van der Waals surface area contributed by atoms with Gasteiger partial charge in [0.25, 0.3) is 0 Å². The van der Waals surface area contributed by atoms with E-state index in [2.05, 4.69) is 0 Å². The van der Waals surface area contributed by atoms with Gasteiger partial charge in [-0.3, -0.25) is 0 Å². The molecule has 0 aliphatic heterocycles. The van der Waals surface area contributed by atoms with E-state index in [1.807, 2.05) is 0 Å². The van der Waals surface area contributed by atoms with Gasteiger partial charge >= 0.3 is 0 Å². The number of hydrogen-bond acceptors (Lipinski definition) is 6. The SMILES string of the molecule is COc1ccc(S(=O)(=O)CCCCCS(=O)(=O)c2ccc(OC)cc2)cc1. The highest BCUT2D eigenvalue weighted by Gasteiger charge is 2.16. The quantitative estimate of drug-likeness (QED) is 0.557. The highest BCUT2D eigenvalue weighted by atomic mass is 32.2. The maximum absolute atomic E-state index is 12.3. The molecule has 0 atom stereocenters. The van der Waals surface area contributed by atoms with Gasteiger partial charge in [0, 0.05) is 0 Å². The minimum Gasteiger partial charge on any atom is -0.497 e. The molecule has 2 rings (SSSR count). The summed E-state index contributed by atoms with van der Waals surface area (Å²) in [5.41, 5.74) is 0. The first-order valence-corrected chi connectivity index (χ1v) is 11.8. The maximum atomic E-state index is 12.3. The summed E-state index contributed by atoms with van der Waals surface area (Å²) in [5.74, 6) is 1.17. The molecular weight excluding hydrogens is 388 g/mol. The van der Waals surface area contributed by atoms with Gasteiger partial charge in [-0.1, -0.05) is 6.42 Å². The van der Waals surface area contributed by atoms with Gasteiger partial charge in [0.05, 0.1) is 35.5 Å². The number of unbranched alkanes of at least 4 members (excludes halogenated alkanes) is 2. The molecule has 0 spiro atoms. The molecule has 0 amide bonds. The Bertz CT molecular complexity index is 851. The standard InChI is InChI=1S/C19H24O6S2/c1-24-16-6-10-18(11-7-16)26(20,21)14-4-3-5-15-27(22,23)19-12-8-17(25-2)9-13-19/h6-13H,3-5,14-15H2,1-2H3. The Morgan fingerprint density at radius 3 is 1.22 bits per heavy atom. The zero-order valence-electron chi connectivity index (χ0n) is 15.4. The summed E-state index contributed by atoms with van der Waals surface area (Å²) < 4.78 is 59.2. The van der Waals surface area contributed by atoms with Crippen molar-refractivity contribution in [2.45, 2.75) is 29.1 Å². The van der Waals surface area contributed by atoms with Crippen LogP contribution in [0.5, 0.6) is 11.5 Å². The molecule has 2 aromatic carbocycles. The number of methoxy groups -OCH3 is 2. The minimum absolute atomic E-state index is 0.0120. The van der Waals surface area contributed by atoms with Crippen LogP contribution in [0.2, 0.25) is 0 Å². The van der Waals surface area contributed by atoms with Crippen LogP contribution >= 0.6 is 0 Å². The van der Waals surface area contributed by atoms with Crippen LogP contribution in [0.3, 0.4) is 0 Å². The maximum Gasteiger partial charge on any atom is 0.178 e. The fourth-order valence-electron chi connectivity index (χ4n) is 2.56. The van der Waals surface area contributed by atoms with Crippen molar-refractivity contribution in [1.29, 1.82) is 0 Å². The van der Waals surface area contributed by atoms with E-state index in [0.717, 1.165) is 0 Å². The Balaban J connectivity index is 1.83. The topological polar surface area (TPSA) is 86.7 Å². The van der Waals surface area contributed by atoms with Gasteiger partial charge in [-0.2, -0.15) is 0 Å². The van der Waals surface area contributed by atoms with Gasteiger partial charge < -0.3 is 9.47 Å². The Hall–Kier alpha value is -2.06. The fraction of sp³-hybridized carbons (Fsp3) is 0.368. The largest absolute Gasteiger partial charge is 0.497 e. The first kappa shape index (κ1) is 21.2. The second-order valence-electron chi connectivity index (χ2n) is 6.05. The molecule has 0 N–H and O–H groups in total. The normalized spacial score (nSPS) is 11.9. The number of sulfone groups is 2. The van der Waals surface area contributed by atoms with Gasteiger partial charge in [0.2, 0.25) is 0 Å².